The number of hydrogen-bond donors (Lipinski definition) is 2. The molecule has 2 unspecified atom stereocenters. The summed E-state index contributed by atoms with van der Waals surface area (Å²) in [6.07, 6.45) is 5.13. The zero-order valence-corrected chi connectivity index (χ0v) is 12.4. The summed E-state index contributed by atoms with van der Waals surface area (Å²) in [4.78, 5) is 9.41. The predicted molar refractivity (Wildman–Crippen MR) is 80.4 cm³/mol. The number of aliphatic imine (C=N–C) groups is 1. The van der Waals surface area contributed by atoms with Gasteiger partial charge in [0.25, 0.3) is 0 Å². The van der Waals surface area contributed by atoms with Crippen molar-refractivity contribution in [1.29, 1.82) is 0 Å². The number of likely N-dealkylation sites (N-methyl/N-ethyl adjacent to an activating group) is 2. The lowest BCUT2D eigenvalue weighted by Gasteiger charge is -2.22. The minimum absolute atomic E-state index is 0.597. The Morgan fingerprint density at radius 1 is 1.26 bits per heavy atom. The average molecular weight is 267 g/mol. The van der Waals surface area contributed by atoms with E-state index in [0.29, 0.717) is 18.0 Å². The van der Waals surface area contributed by atoms with Crippen LogP contribution in [0.2, 0.25) is 0 Å². The van der Waals surface area contributed by atoms with Gasteiger partial charge in [0, 0.05) is 18.6 Å². The Kier molecular flexibility index (Phi) is 5.45. The van der Waals surface area contributed by atoms with Crippen molar-refractivity contribution in [3.05, 3.63) is 0 Å². The highest BCUT2D eigenvalue weighted by atomic mass is 15.2. The molecule has 5 nitrogen and oxygen atoms in total. The molecule has 0 aliphatic carbocycles. The molecular weight excluding hydrogens is 238 g/mol. The second kappa shape index (κ2) is 7.10. The van der Waals surface area contributed by atoms with Crippen LogP contribution in [-0.2, 0) is 0 Å². The summed E-state index contributed by atoms with van der Waals surface area (Å²) in [5, 5.41) is 3.28. The summed E-state index contributed by atoms with van der Waals surface area (Å²) in [5.74, 6) is 0.614. The Morgan fingerprint density at radius 2 is 2.00 bits per heavy atom. The Morgan fingerprint density at radius 3 is 2.68 bits per heavy atom. The second-order valence-corrected chi connectivity index (χ2v) is 5.81. The lowest BCUT2D eigenvalue weighted by atomic mass is 10.2. The van der Waals surface area contributed by atoms with Crippen LogP contribution >= 0.6 is 0 Å². The molecule has 19 heavy (non-hydrogen) atoms. The molecule has 0 saturated carbocycles. The number of nitrogens with zero attached hydrogens (tertiary/aromatic N) is 3. The summed E-state index contributed by atoms with van der Waals surface area (Å²) in [6.45, 7) is 7.54. The third kappa shape index (κ3) is 4.08. The van der Waals surface area contributed by atoms with E-state index in [0.717, 1.165) is 19.6 Å². The summed E-state index contributed by atoms with van der Waals surface area (Å²) < 4.78 is 0. The van der Waals surface area contributed by atoms with Gasteiger partial charge in [0.1, 0.15) is 0 Å². The first kappa shape index (κ1) is 14.6. The van der Waals surface area contributed by atoms with E-state index >= 15 is 0 Å². The first-order chi connectivity index (χ1) is 9.20. The van der Waals surface area contributed by atoms with Crippen LogP contribution in [0.3, 0.4) is 0 Å². The molecule has 3 N–H and O–H groups in total. The Labute approximate surface area is 117 Å². The van der Waals surface area contributed by atoms with Crippen molar-refractivity contribution in [2.45, 2.75) is 44.7 Å². The molecule has 110 valence electrons. The van der Waals surface area contributed by atoms with E-state index in [1.54, 1.807) is 0 Å². The van der Waals surface area contributed by atoms with Gasteiger partial charge in [0.2, 0.25) is 0 Å². The van der Waals surface area contributed by atoms with Crippen LogP contribution in [0.1, 0.15) is 32.6 Å². The van der Waals surface area contributed by atoms with E-state index in [9.17, 15) is 0 Å². The Balaban J connectivity index is 1.70. The third-order valence-electron chi connectivity index (χ3n) is 4.57. The van der Waals surface area contributed by atoms with Crippen molar-refractivity contribution in [1.82, 2.24) is 15.1 Å². The predicted octanol–water partition coefficient (Wildman–Crippen LogP) is 0.469. The molecule has 0 amide bonds. The quantitative estimate of drug-likeness (QED) is 0.561. The molecule has 5 heteroatoms. The number of nitrogens with one attached hydrogen (secondary N) is 1. The Hall–Kier alpha value is -0.810. The highest BCUT2D eigenvalue weighted by molar-refractivity contribution is 5.77. The summed E-state index contributed by atoms with van der Waals surface area (Å²) in [6, 6.07) is 1.21. The van der Waals surface area contributed by atoms with Crippen molar-refractivity contribution in [2.75, 3.05) is 39.8 Å². The fourth-order valence-electron chi connectivity index (χ4n) is 3.24. The van der Waals surface area contributed by atoms with Crippen LogP contribution in [-0.4, -0.2) is 67.6 Å². The van der Waals surface area contributed by atoms with Gasteiger partial charge in [0.05, 0.1) is 6.54 Å². The monoisotopic (exact) mass is 267 g/mol. The zero-order valence-electron chi connectivity index (χ0n) is 12.4. The molecule has 0 aromatic carbocycles. The smallest absolute Gasteiger partial charge is 0.188 e. The van der Waals surface area contributed by atoms with Crippen molar-refractivity contribution >= 4 is 5.96 Å². The minimum atomic E-state index is 0.597. The molecule has 0 aromatic heterocycles. The average Bonchev–Trinajstić information content (AvgIpc) is 3.02. The van der Waals surface area contributed by atoms with Crippen LogP contribution < -0.4 is 11.1 Å². The van der Waals surface area contributed by atoms with Gasteiger partial charge in [-0.2, -0.15) is 0 Å². The topological polar surface area (TPSA) is 56.9 Å². The highest BCUT2D eigenvalue weighted by Gasteiger charge is 2.23. The number of hydrogen-bond acceptors (Lipinski definition) is 3. The molecule has 2 aliphatic rings. The normalized spacial score (nSPS) is 30.1. The van der Waals surface area contributed by atoms with Crippen molar-refractivity contribution in [3.63, 3.8) is 0 Å². The van der Waals surface area contributed by atoms with Gasteiger partial charge in [-0.3, -0.25) is 9.89 Å². The molecule has 2 aliphatic heterocycles. The van der Waals surface area contributed by atoms with E-state index in [-0.39, 0.29) is 0 Å². The summed E-state index contributed by atoms with van der Waals surface area (Å²) in [5.41, 5.74) is 5.96. The number of likely N-dealkylation sites (tertiary alicyclic amines) is 2. The van der Waals surface area contributed by atoms with Crippen LogP contribution in [0.25, 0.3) is 0 Å². The summed E-state index contributed by atoms with van der Waals surface area (Å²) >= 11 is 0. The van der Waals surface area contributed by atoms with Gasteiger partial charge in [-0.25, -0.2) is 0 Å². The maximum absolute atomic E-state index is 5.96. The molecule has 2 heterocycles. The van der Waals surface area contributed by atoms with E-state index in [1.165, 1.54) is 38.8 Å². The van der Waals surface area contributed by atoms with Gasteiger partial charge in [0.15, 0.2) is 5.96 Å². The molecule has 2 saturated heterocycles. The van der Waals surface area contributed by atoms with Crippen molar-refractivity contribution in [2.24, 2.45) is 10.7 Å². The fourth-order valence-corrected chi connectivity index (χ4v) is 3.24. The molecule has 0 radical (unpaired) electrons. The number of guanidine groups is 1. The van der Waals surface area contributed by atoms with Gasteiger partial charge in [-0.1, -0.05) is 6.92 Å². The Bertz CT molecular complexity index is 304. The number of rotatable bonds is 5. The summed E-state index contributed by atoms with van der Waals surface area (Å²) in [7, 11) is 2.18. The zero-order chi connectivity index (χ0) is 13.7. The van der Waals surface area contributed by atoms with Crippen LogP contribution in [0.4, 0.5) is 0 Å². The second-order valence-electron chi connectivity index (χ2n) is 5.81. The number of nitrogens with two attached hydrogens (primary N) is 1. The van der Waals surface area contributed by atoms with Crippen molar-refractivity contribution < 1.29 is 0 Å². The maximum atomic E-state index is 5.96. The molecule has 2 atom stereocenters. The van der Waals surface area contributed by atoms with Crippen LogP contribution in [0.15, 0.2) is 4.99 Å². The molecule has 2 rings (SSSR count). The lowest BCUT2D eigenvalue weighted by molar-refractivity contribution is 0.273. The molecule has 0 aromatic rings. The minimum Gasteiger partial charge on any atom is -0.370 e. The van der Waals surface area contributed by atoms with Gasteiger partial charge >= 0.3 is 0 Å². The van der Waals surface area contributed by atoms with E-state index in [4.69, 9.17) is 5.73 Å². The molecule has 0 spiro atoms. The van der Waals surface area contributed by atoms with E-state index in [1.807, 2.05) is 0 Å². The maximum Gasteiger partial charge on any atom is 0.188 e. The van der Waals surface area contributed by atoms with Gasteiger partial charge < -0.3 is 16.0 Å². The third-order valence-corrected chi connectivity index (χ3v) is 4.57. The standard InChI is InChI=1S/C14H29N5/c1-3-19-9-5-7-13(19)11-17-14(15)16-10-12-6-4-8-18(12)2/h12-13H,3-11H2,1-2H3,(H3,15,16,17). The first-order valence-corrected chi connectivity index (χ1v) is 7.68. The molecule has 2 fully saturated rings. The van der Waals surface area contributed by atoms with Gasteiger partial charge in [-0.15, -0.1) is 0 Å². The largest absolute Gasteiger partial charge is 0.370 e. The highest BCUT2D eigenvalue weighted by Crippen LogP contribution is 2.16. The molecular formula is C14H29N5. The lowest BCUT2D eigenvalue weighted by Crippen LogP contribution is -2.42. The van der Waals surface area contributed by atoms with Crippen LogP contribution in [0, 0.1) is 0 Å². The fraction of sp³-hybridized carbons (Fsp3) is 0.929. The molecule has 0 bridgehead atoms. The SMILES string of the molecule is CCN1CCCC1CN=C(N)NCC1CCCN1C. The van der Waals surface area contributed by atoms with Crippen molar-refractivity contribution in [3.8, 4) is 0 Å². The first-order valence-electron chi connectivity index (χ1n) is 7.68. The van der Waals surface area contributed by atoms with Gasteiger partial charge in [-0.05, 0) is 52.4 Å². The van der Waals surface area contributed by atoms with E-state index in [2.05, 4.69) is 34.1 Å². The van der Waals surface area contributed by atoms with E-state index < -0.39 is 0 Å². The van der Waals surface area contributed by atoms with Crippen LogP contribution in [0.5, 0.6) is 0 Å².